The summed E-state index contributed by atoms with van der Waals surface area (Å²) >= 11 is 11.1. The van der Waals surface area contributed by atoms with Crippen molar-refractivity contribution in [2.45, 2.75) is 6.54 Å². The zero-order chi connectivity index (χ0) is 14.7. The summed E-state index contributed by atoms with van der Waals surface area (Å²) in [4.78, 5) is 7.43. The van der Waals surface area contributed by atoms with Gasteiger partial charge >= 0.3 is 0 Å². The summed E-state index contributed by atoms with van der Waals surface area (Å²) in [5.41, 5.74) is 0.944. The molecule has 0 saturated heterocycles. The Bertz CT molecular complexity index is 603. The molecule has 2 aromatic rings. The van der Waals surface area contributed by atoms with Gasteiger partial charge in [0.1, 0.15) is 0 Å². The maximum atomic E-state index is 6.07. The lowest BCUT2D eigenvalue weighted by Crippen LogP contribution is -2.07. The molecule has 1 aromatic heterocycles. The fraction of sp³-hybridized carbons (Fsp3) is 0.308. The van der Waals surface area contributed by atoms with E-state index >= 15 is 0 Å². The van der Waals surface area contributed by atoms with Gasteiger partial charge in [-0.05, 0) is 28.1 Å². The van der Waals surface area contributed by atoms with Crippen LogP contribution in [0.4, 0.5) is 10.8 Å². The molecule has 0 spiro atoms. The topological polar surface area (TPSA) is 37.4 Å². The highest BCUT2D eigenvalue weighted by Gasteiger charge is 2.13. The number of rotatable bonds is 5. The van der Waals surface area contributed by atoms with E-state index in [1.165, 1.54) is 0 Å². The molecule has 0 amide bonds. The second-order valence-corrected chi connectivity index (χ2v) is 6.54. The molecule has 4 nitrogen and oxygen atoms in total. The van der Waals surface area contributed by atoms with Crippen LogP contribution in [0.2, 0.25) is 5.02 Å². The number of thiazole rings is 1. The Morgan fingerprint density at radius 1 is 1.45 bits per heavy atom. The molecule has 1 heterocycles. The van der Waals surface area contributed by atoms with Gasteiger partial charge in [-0.2, -0.15) is 4.98 Å². The highest BCUT2D eigenvalue weighted by molar-refractivity contribution is 9.10. The Labute approximate surface area is 135 Å². The Hall–Kier alpha value is -0.980. The molecular weight excluding hydrogens is 362 g/mol. The van der Waals surface area contributed by atoms with E-state index in [0.29, 0.717) is 17.4 Å². The van der Waals surface area contributed by atoms with Gasteiger partial charge < -0.3 is 15.0 Å². The van der Waals surface area contributed by atoms with E-state index in [-0.39, 0.29) is 0 Å². The number of aromatic nitrogens is 1. The van der Waals surface area contributed by atoms with Crippen LogP contribution in [-0.4, -0.2) is 26.2 Å². The Balaban J connectivity index is 2.16. The second-order valence-electron chi connectivity index (χ2n) is 4.28. The first-order chi connectivity index (χ1) is 9.52. The molecule has 2 rings (SSSR count). The first kappa shape index (κ1) is 15.4. The van der Waals surface area contributed by atoms with E-state index in [4.69, 9.17) is 16.3 Å². The average Bonchev–Trinajstić information content (AvgIpc) is 2.84. The van der Waals surface area contributed by atoms with E-state index < -0.39 is 0 Å². The molecule has 0 radical (unpaired) electrons. The molecule has 108 valence electrons. The summed E-state index contributed by atoms with van der Waals surface area (Å²) in [6.07, 6.45) is 0. The van der Waals surface area contributed by atoms with Gasteiger partial charge in [-0.15, -0.1) is 0 Å². The van der Waals surface area contributed by atoms with Gasteiger partial charge in [0.25, 0.3) is 0 Å². The zero-order valence-corrected chi connectivity index (χ0v) is 14.6. The number of methoxy groups -OCH3 is 1. The van der Waals surface area contributed by atoms with Gasteiger partial charge in [0.2, 0.25) is 5.88 Å². The molecule has 7 heteroatoms. The van der Waals surface area contributed by atoms with E-state index in [1.807, 2.05) is 37.2 Å². The minimum absolute atomic E-state index is 0.633. The number of nitrogens with one attached hydrogen (secondary N) is 1. The molecular formula is C13H15BrClN3OS. The van der Waals surface area contributed by atoms with Crippen LogP contribution in [0, 0.1) is 0 Å². The normalized spacial score (nSPS) is 10.4. The fourth-order valence-corrected chi connectivity index (χ4v) is 3.08. The van der Waals surface area contributed by atoms with Crippen molar-refractivity contribution in [1.29, 1.82) is 0 Å². The summed E-state index contributed by atoms with van der Waals surface area (Å²) in [5.74, 6) is 0.657. The number of benzene rings is 1. The van der Waals surface area contributed by atoms with Gasteiger partial charge in [-0.3, -0.25) is 0 Å². The Morgan fingerprint density at radius 2 is 2.20 bits per heavy atom. The maximum absolute atomic E-state index is 6.07. The predicted octanol–water partition coefficient (Wildman–Crippen LogP) is 4.25. The number of hydrogen-bond donors (Lipinski definition) is 1. The van der Waals surface area contributed by atoms with Gasteiger partial charge in [0.05, 0.1) is 33.7 Å². The van der Waals surface area contributed by atoms with Crippen LogP contribution < -0.4 is 15.0 Å². The van der Waals surface area contributed by atoms with E-state index in [2.05, 4.69) is 26.2 Å². The average molecular weight is 377 g/mol. The van der Waals surface area contributed by atoms with Gasteiger partial charge in [0, 0.05) is 14.1 Å². The quantitative estimate of drug-likeness (QED) is 0.846. The van der Waals surface area contributed by atoms with Crippen molar-refractivity contribution in [3.8, 4) is 5.88 Å². The predicted molar refractivity (Wildman–Crippen MR) is 89.5 cm³/mol. The van der Waals surface area contributed by atoms with Crippen molar-refractivity contribution in [3.05, 3.63) is 32.6 Å². The van der Waals surface area contributed by atoms with Gasteiger partial charge in [0.15, 0.2) is 5.13 Å². The van der Waals surface area contributed by atoms with Gasteiger partial charge in [-0.25, -0.2) is 0 Å². The molecule has 0 bridgehead atoms. The van der Waals surface area contributed by atoms with E-state index in [1.54, 1.807) is 18.4 Å². The Morgan fingerprint density at radius 3 is 2.85 bits per heavy atom. The lowest BCUT2D eigenvalue weighted by atomic mass is 10.3. The van der Waals surface area contributed by atoms with Crippen LogP contribution in [0.1, 0.15) is 4.88 Å². The Kier molecular flexibility index (Phi) is 5.12. The van der Waals surface area contributed by atoms with Crippen LogP contribution in [0.15, 0.2) is 22.7 Å². The van der Waals surface area contributed by atoms with Crippen molar-refractivity contribution < 1.29 is 4.74 Å². The fourth-order valence-electron chi connectivity index (χ4n) is 1.60. The van der Waals surface area contributed by atoms with Crippen LogP contribution in [0.5, 0.6) is 5.88 Å². The van der Waals surface area contributed by atoms with Crippen molar-refractivity contribution in [1.82, 2.24) is 4.98 Å². The minimum atomic E-state index is 0.633. The monoisotopic (exact) mass is 375 g/mol. The highest BCUT2D eigenvalue weighted by atomic mass is 79.9. The number of halogens is 2. The molecule has 0 unspecified atom stereocenters. The maximum Gasteiger partial charge on any atom is 0.231 e. The molecule has 0 fully saturated rings. The molecule has 1 aromatic carbocycles. The summed E-state index contributed by atoms with van der Waals surface area (Å²) in [6, 6.07) is 5.72. The SMILES string of the molecule is COc1nc(N(C)C)sc1CNc1cccc(Cl)c1Br. The van der Waals surface area contributed by atoms with Crippen LogP contribution in [0.3, 0.4) is 0 Å². The summed E-state index contributed by atoms with van der Waals surface area (Å²) in [7, 11) is 5.55. The largest absolute Gasteiger partial charge is 0.480 e. The molecule has 0 aliphatic rings. The summed E-state index contributed by atoms with van der Waals surface area (Å²) in [6.45, 7) is 0.633. The smallest absolute Gasteiger partial charge is 0.231 e. The number of anilines is 2. The lowest BCUT2D eigenvalue weighted by Gasteiger charge is -2.09. The second kappa shape index (κ2) is 6.65. The number of hydrogen-bond acceptors (Lipinski definition) is 5. The zero-order valence-electron chi connectivity index (χ0n) is 11.4. The number of nitrogens with zero attached hydrogens (tertiary/aromatic N) is 2. The summed E-state index contributed by atoms with van der Waals surface area (Å²) < 4.78 is 6.17. The molecule has 0 aliphatic heterocycles. The van der Waals surface area contributed by atoms with Crippen molar-refractivity contribution >= 4 is 49.7 Å². The lowest BCUT2D eigenvalue weighted by molar-refractivity contribution is 0.397. The first-order valence-electron chi connectivity index (χ1n) is 5.91. The first-order valence-corrected chi connectivity index (χ1v) is 7.90. The molecule has 0 atom stereocenters. The van der Waals surface area contributed by atoms with Crippen molar-refractivity contribution in [3.63, 3.8) is 0 Å². The van der Waals surface area contributed by atoms with Crippen molar-refractivity contribution in [2.24, 2.45) is 0 Å². The standard InChI is InChI=1S/C13H15BrClN3OS/c1-18(2)13-17-12(19-3)10(20-13)7-16-9-6-4-5-8(15)11(9)14/h4-6,16H,7H2,1-3H3. The third-order valence-corrected chi connectivity index (χ3v) is 5.22. The van der Waals surface area contributed by atoms with Gasteiger partial charge in [-0.1, -0.05) is 29.0 Å². The third kappa shape index (κ3) is 3.37. The highest BCUT2D eigenvalue weighted by Crippen LogP contribution is 2.33. The van der Waals surface area contributed by atoms with E-state index in [9.17, 15) is 0 Å². The third-order valence-electron chi connectivity index (χ3n) is 2.62. The molecule has 20 heavy (non-hydrogen) atoms. The van der Waals surface area contributed by atoms with Crippen LogP contribution >= 0.6 is 38.9 Å². The van der Waals surface area contributed by atoms with E-state index in [0.717, 1.165) is 20.2 Å². The molecule has 1 N–H and O–H groups in total. The van der Waals surface area contributed by atoms with Crippen molar-refractivity contribution in [2.75, 3.05) is 31.4 Å². The minimum Gasteiger partial charge on any atom is -0.480 e. The van der Waals surface area contributed by atoms with Crippen LogP contribution in [0.25, 0.3) is 0 Å². The molecule has 0 aliphatic carbocycles. The number of ether oxygens (including phenoxy) is 1. The van der Waals surface area contributed by atoms with Crippen LogP contribution in [-0.2, 0) is 6.54 Å². The molecule has 0 saturated carbocycles. The summed E-state index contributed by atoms with van der Waals surface area (Å²) in [5, 5.41) is 4.94.